The summed E-state index contributed by atoms with van der Waals surface area (Å²) in [4.78, 5) is 13.1. The number of aromatic nitrogens is 2. The molecule has 0 radical (unpaired) electrons. The number of aliphatic hydroxyl groups excluding tert-OH is 3. The minimum absolute atomic E-state index is 0.117. The Bertz CT molecular complexity index is 1120. The van der Waals surface area contributed by atoms with Crippen LogP contribution in [0.25, 0.3) is 11.0 Å². The van der Waals surface area contributed by atoms with Crippen molar-refractivity contribution in [1.29, 1.82) is 0 Å². The Morgan fingerprint density at radius 3 is 2.39 bits per heavy atom. The van der Waals surface area contributed by atoms with E-state index in [1.807, 2.05) is 0 Å². The van der Waals surface area contributed by atoms with E-state index in [-0.39, 0.29) is 27.0 Å². The third-order valence-electron chi connectivity index (χ3n) is 4.02. The largest absolute Gasteiger partial charge is 0.490 e. The first-order chi connectivity index (χ1) is 16.7. The number of anilines is 1. The van der Waals surface area contributed by atoms with Crippen LogP contribution in [0.4, 0.5) is 19.1 Å². The van der Waals surface area contributed by atoms with Gasteiger partial charge in [-0.1, -0.05) is 23.2 Å². The molecule has 9 nitrogen and oxygen atoms in total. The summed E-state index contributed by atoms with van der Waals surface area (Å²) in [6.07, 6.45) is -10.5. The zero-order valence-corrected chi connectivity index (χ0v) is 16.7. The van der Waals surface area contributed by atoms with Gasteiger partial charge < -0.3 is 30.5 Å². The molecule has 0 amide bonds. The highest BCUT2D eigenvalue weighted by molar-refractivity contribution is 6.42. The molecule has 31 heavy (non-hydrogen) atoms. The summed E-state index contributed by atoms with van der Waals surface area (Å²) in [5.41, 5.74) is 0.441. The Morgan fingerprint density at radius 1 is 1.32 bits per heavy atom. The molecule has 14 heteroatoms. The minimum Gasteiger partial charge on any atom is -0.475 e. The van der Waals surface area contributed by atoms with Crippen molar-refractivity contribution in [2.45, 2.75) is 50.5 Å². The van der Waals surface area contributed by atoms with Crippen LogP contribution in [0.15, 0.2) is 12.1 Å². The van der Waals surface area contributed by atoms with Crippen molar-refractivity contribution in [3.63, 3.8) is 0 Å². The first-order valence-corrected chi connectivity index (χ1v) is 9.01. The predicted molar refractivity (Wildman–Crippen MR) is 105 cm³/mol. The van der Waals surface area contributed by atoms with Crippen molar-refractivity contribution in [3.8, 4) is 0 Å². The van der Waals surface area contributed by atoms with Gasteiger partial charge in [-0.15, -0.1) is 0 Å². The molecule has 3 rings (SSSR count). The smallest absolute Gasteiger partial charge is 0.475 e. The number of aliphatic carboxylic acids is 1. The van der Waals surface area contributed by atoms with E-state index in [0.29, 0.717) is 0 Å². The molecule has 1 fully saturated rings. The fraction of sp³-hybridized carbons (Fsp3) is 0.529. The van der Waals surface area contributed by atoms with Crippen LogP contribution < -0.4 is 5.32 Å². The SMILES string of the molecule is O=C(O)C(F)(F)F.[2H]C([2H])([2H])C(Nc1nc2cc(Cl)c(Cl)cc2n1[C@H]1O[C@@H](CO)[C@H](O)[C@@H]1O)C([2H])([2H])[2H]. The van der Waals surface area contributed by atoms with Crippen molar-refractivity contribution in [3.05, 3.63) is 22.2 Å². The maximum atomic E-state index is 10.6. The highest BCUT2D eigenvalue weighted by atomic mass is 35.5. The summed E-state index contributed by atoms with van der Waals surface area (Å²) < 4.78 is 84.0. The van der Waals surface area contributed by atoms with Gasteiger partial charge in [0.15, 0.2) is 6.23 Å². The molecule has 0 bridgehead atoms. The Balaban J connectivity index is 0.000000604. The third-order valence-corrected chi connectivity index (χ3v) is 4.74. The topological polar surface area (TPSA) is 137 Å². The van der Waals surface area contributed by atoms with Gasteiger partial charge in [-0.25, -0.2) is 9.78 Å². The summed E-state index contributed by atoms with van der Waals surface area (Å²) in [6.45, 7) is -6.44. The Kier molecular flexibility index (Phi) is 5.57. The highest BCUT2D eigenvalue weighted by Crippen LogP contribution is 2.37. The summed E-state index contributed by atoms with van der Waals surface area (Å²) in [5, 5.41) is 39.7. The lowest BCUT2D eigenvalue weighted by molar-refractivity contribution is -0.192. The molecule has 1 aliphatic heterocycles. The van der Waals surface area contributed by atoms with Crippen LogP contribution in [-0.4, -0.2) is 73.1 Å². The van der Waals surface area contributed by atoms with Gasteiger partial charge in [-0.05, 0) is 25.8 Å². The number of aliphatic hydroxyl groups is 3. The molecule has 1 aromatic carbocycles. The fourth-order valence-electron chi connectivity index (χ4n) is 2.67. The van der Waals surface area contributed by atoms with Crippen molar-refractivity contribution < 1.29 is 51.4 Å². The fourth-order valence-corrected chi connectivity index (χ4v) is 2.99. The number of fused-ring (bicyclic) bond motifs is 1. The molecule has 1 saturated heterocycles. The number of carboxylic acids is 1. The lowest BCUT2D eigenvalue weighted by Gasteiger charge is -2.21. The quantitative estimate of drug-likeness (QED) is 0.436. The molecular formula is C17H20Cl2F3N3O6. The van der Waals surface area contributed by atoms with E-state index in [0.717, 1.165) is 0 Å². The predicted octanol–water partition coefficient (Wildman–Crippen LogP) is 2.41. The van der Waals surface area contributed by atoms with Crippen LogP contribution in [0.3, 0.4) is 0 Å². The van der Waals surface area contributed by atoms with Gasteiger partial charge >= 0.3 is 12.1 Å². The normalized spacial score (nSPS) is 27.4. The van der Waals surface area contributed by atoms with Crippen molar-refractivity contribution in [2.24, 2.45) is 0 Å². The van der Waals surface area contributed by atoms with Gasteiger partial charge in [-0.3, -0.25) is 4.57 Å². The Morgan fingerprint density at radius 2 is 1.90 bits per heavy atom. The number of ether oxygens (including phenoxy) is 1. The molecule has 2 heterocycles. The van der Waals surface area contributed by atoms with E-state index in [1.54, 1.807) is 0 Å². The molecule has 0 aliphatic carbocycles. The number of nitrogens with one attached hydrogen (secondary N) is 1. The second kappa shape index (κ2) is 9.76. The zero-order valence-electron chi connectivity index (χ0n) is 21.1. The molecule has 2 aromatic rings. The minimum atomic E-state index is -5.08. The van der Waals surface area contributed by atoms with E-state index >= 15 is 0 Å². The molecule has 0 saturated carbocycles. The number of carboxylic acid groups (broad SMARTS) is 1. The molecule has 5 N–H and O–H groups in total. The van der Waals surface area contributed by atoms with E-state index in [9.17, 15) is 28.5 Å². The van der Waals surface area contributed by atoms with Gasteiger partial charge in [0, 0.05) is 14.3 Å². The van der Waals surface area contributed by atoms with E-state index in [1.165, 1.54) is 16.7 Å². The number of imidazole rings is 1. The number of hydrogen-bond acceptors (Lipinski definition) is 7. The van der Waals surface area contributed by atoms with Crippen molar-refractivity contribution >= 4 is 46.2 Å². The molecule has 174 valence electrons. The zero-order chi connectivity index (χ0) is 28.7. The van der Waals surface area contributed by atoms with Gasteiger partial charge in [-0.2, -0.15) is 13.2 Å². The second-order valence-electron chi connectivity index (χ2n) is 6.17. The summed E-state index contributed by atoms with van der Waals surface area (Å²) in [7, 11) is 0. The molecule has 4 atom stereocenters. The highest BCUT2D eigenvalue weighted by Gasteiger charge is 2.44. The van der Waals surface area contributed by atoms with Crippen LogP contribution in [0.1, 0.15) is 28.2 Å². The number of hydrogen-bond donors (Lipinski definition) is 5. The summed E-state index contributed by atoms with van der Waals surface area (Å²) >= 11 is 12.1. The van der Waals surface area contributed by atoms with Crippen LogP contribution >= 0.6 is 23.2 Å². The van der Waals surface area contributed by atoms with Gasteiger partial charge in [0.25, 0.3) is 0 Å². The van der Waals surface area contributed by atoms with E-state index < -0.39 is 63.0 Å². The summed E-state index contributed by atoms with van der Waals surface area (Å²) in [6, 6.07) is 0.761. The molecule has 1 aromatic heterocycles. The molecule has 0 unspecified atom stereocenters. The van der Waals surface area contributed by atoms with Gasteiger partial charge in [0.1, 0.15) is 18.3 Å². The van der Waals surface area contributed by atoms with E-state index in [4.69, 9.17) is 46.1 Å². The number of alkyl halides is 3. The summed E-state index contributed by atoms with van der Waals surface area (Å²) in [5.74, 6) is -3.01. The maximum absolute atomic E-state index is 10.6. The monoisotopic (exact) mass is 495 g/mol. The maximum Gasteiger partial charge on any atom is 0.490 e. The number of benzene rings is 1. The van der Waals surface area contributed by atoms with E-state index in [2.05, 4.69) is 10.3 Å². The Labute approximate surface area is 192 Å². The lowest BCUT2D eigenvalue weighted by Crippen LogP contribution is -2.33. The van der Waals surface area contributed by atoms with Crippen LogP contribution in [0.2, 0.25) is 10.0 Å². The van der Waals surface area contributed by atoms with Crippen LogP contribution in [0, 0.1) is 0 Å². The molecule has 1 aliphatic rings. The third kappa shape index (κ3) is 5.70. The van der Waals surface area contributed by atoms with Crippen LogP contribution in [0.5, 0.6) is 0 Å². The first-order valence-electron chi connectivity index (χ1n) is 11.3. The number of rotatable bonds is 4. The average molecular weight is 496 g/mol. The van der Waals surface area contributed by atoms with Gasteiger partial charge in [0.2, 0.25) is 5.95 Å². The molecular weight excluding hydrogens is 470 g/mol. The lowest BCUT2D eigenvalue weighted by atomic mass is 10.1. The van der Waals surface area contributed by atoms with Crippen molar-refractivity contribution in [1.82, 2.24) is 9.55 Å². The van der Waals surface area contributed by atoms with Crippen molar-refractivity contribution in [2.75, 3.05) is 11.9 Å². The average Bonchev–Trinajstić information content (AvgIpc) is 3.21. The second-order valence-corrected chi connectivity index (χ2v) is 6.98. The van der Waals surface area contributed by atoms with Crippen LogP contribution in [-0.2, 0) is 9.53 Å². The molecule has 0 spiro atoms. The van der Waals surface area contributed by atoms with Gasteiger partial charge in [0.05, 0.1) is 27.7 Å². The number of halogens is 5. The standard InChI is InChI=1S/C15H19Cl2N3O4.C2HF3O2/c1-6(2)18-15-19-9-3-7(16)8(17)4-10(9)20(15)14-13(23)12(22)11(5-21)24-14;3-2(4,5)1(6)7/h3-4,6,11-14,21-23H,5H2,1-2H3,(H,18,19);(H,6,7)/t11-,12-,13-,14-;/m0./s1/i1D3,2D3;. The first kappa shape index (κ1) is 17.7. The number of carbonyl (C=O) groups is 1. The number of nitrogens with zero attached hydrogens (tertiary/aromatic N) is 2. The Hall–Kier alpha value is -1.83.